The highest BCUT2D eigenvalue weighted by molar-refractivity contribution is 5.39. The Bertz CT molecular complexity index is 583. The molecule has 5 heteroatoms. The first-order chi connectivity index (χ1) is 10.8. The highest BCUT2D eigenvalue weighted by Gasteiger charge is 2.26. The summed E-state index contributed by atoms with van der Waals surface area (Å²) in [4.78, 5) is 2.52. The number of aromatic nitrogens is 2. The third-order valence-corrected chi connectivity index (χ3v) is 4.38. The number of rotatable bonds is 6. The minimum Gasteiger partial charge on any atom is -0.394 e. The van der Waals surface area contributed by atoms with Gasteiger partial charge in [0.15, 0.2) is 0 Å². The molecule has 0 radical (unpaired) electrons. The zero-order chi connectivity index (χ0) is 15.4. The van der Waals surface area contributed by atoms with Crippen LogP contribution < -0.4 is 5.32 Å². The van der Waals surface area contributed by atoms with Gasteiger partial charge in [0.25, 0.3) is 0 Å². The minimum absolute atomic E-state index is 0.118. The maximum atomic E-state index is 8.93. The number of hydrogen-bond donors (Lipinski definition) is 2. The number of aliphatic hydroxyl groups is 1. The molecule has 2 aromatic rings. The van der Waals surface area contributed by atoms with Crippen LogP contribution in [0.5, 0.6) is 0 Å². The summed E-state index contributed by atoms with van der Waals surface area (Å²) >= 11 is 0. The van der Waals surface area contributed by atoms with Gasteiger partial charge in [-0.1, -0.05) is 30.3 Å². The lowest BCUT2D eigenvalue weighted by atomic mass is 10.1. The molecule has 1 aromatic heterocycles. The second kappa shape index (κ2) is 6.94. The molecule has 2 unspecified atom stereocenters. The van der Waals surface area contributed by atoms with Crippen molar-refractivity contribution in [3.63, 3.8) is 0 Å². The van der Waals surface area contributed by atoms with E-state index in [0.717, 1.165) is 25.2 Å². The number of likely N-dealkylation sites (tertiary alicyclic amines) is 1. The van der Waals surface area contributed by atoms with Crippen LogP contribution >= 0.6 is 0 Å². The highest BCUT2D eigenvalue weighted by Crippen LogP contribution is 2.25. The van der Waals surface area contributed by atoms with Gasteiger partial charge in [0, 0.05) is 31.4 Å². The summed E-state index contributed by atoms with van der Waals surface area (Å²) in [6.07, 6.45) is 4.93. The average Bonchev–Trinajstić information content (AvgIpc) is 3.18. The molecule has 1 aromatic carbocycles. The van der Waals surface area contributed by atoms with Gasteiger partial charge >= 0.3 is 0 Å². The van der Waals surface area contributed by atoms with Crippen LogP contribution in [0.1, 0.15) is 24.9 Å². The molecular formula is C17H24N4O. The first kappa shape index (κ1) is 15.1. The molecule has 3 rings (SSSR count). The first-order valence-electron chi connectivity index (χ1n) is 7.95. The third kappa shape index (κ3) is 3.48. The lowest BCUT2D eigenvalue weighted by Crippen LogP contribution is -2.28. The van der Waals surface area contributed by atoms with E-state index in [-0.39, 0.29) is 6.61 Å². The molecule has 0 spiro atoms. The van der Waals surface area contributed by atoms with E-state index in [2.05, 4.69) is 52.6 Å². The van der Waals surface area contributed by atoms with Crippen molar-refractivity contribution in [1.29, 1.82) is 0 Å². The molecule has 2 N–H and O–H groups in total. The van der Waals surface area contributed by atoms with Gasteiger partial charge in [-0.2, -0.15) is 5.10 Å². The number of aliphatic hydroxyl groups excluding tert-OH is 1. The molecule has 5 nitrogen and oxygen atoms in total. The van der Waals surface area contributed by atoms with Gasteiger partial charge in [0.05, 0.1) is 25.0 Å². The molecular weight excluding hydrogens is 276 g/mol. The summed E-state index contributed by atoms with van der Waals surface area (Å²) in [5.41, 5.74) is 2.41. The fourth-order valence-corrected chi connectivity index (χ4v) is 3.10. The summed E-state index contributed by atoms with van der Waals surface area (Å²) in [5.74, 6) is 0. The third-order valence-electron chi connectivity index (χ3n) is 4.38. The average molecular weight is 300 g/mol. The van der Waals surface area contributed by atoms with Crippen LogP contribution in [-0.2, 0) is 6.54 Å². The van der Waals surface area contributed by atoms with E-state index in [1.54, 1.807) is 4.68 Å². The number of nitrogens with one attached hydrogen (secondary N) is 1. The molecule has 0 aliphatic carbocycles. The Morgan fingerprint density at radius 2 is 2.18 bits per heavy atom. The van der Waals surface area contributed by atoms with Crippen LogP contribution in [-0.4, -0.2) is 45.5 Å². The van der Waals surface area contributed by atoms with E-state index in [1.165, 1.54) is 5.56 Å². The predicted octanol–water partition coefficient (Wildman–Crippen LogP) is 2.12. The van der Waals surface area contributed by atoms with Crippen molar-refractivity contribution in [1.82, 2.24) is 14.7 Å². The van der Waals surface area contributed by atoms with E-state index in [0.29, 0.717) is 18.6 Å². The fraction of sp³-hybridized carbons (Fsp3) is 0.471. The van der Waals surface area contributed by atoms with E-state index in [9.17, 15) is 0 Å². The summed E-state index contributed by atoms with van der Waals surface area (Å²) in [7, 11) is 0. The summed E-state index contributed by atoms with van der Waals surface area (Å²) < 4.78 is 1.77. The van der Waals surface area contributed by atoms with Crippen molar-refractivity contribution >= 4 is 5.69 Å². The zero-order valence-electron chi connectivity index (χ0n) is 13.0. The molecule has 2 atom stereocenters. The number of benzene rings is 1. The summed E-state index contributed by atoms with van der Waals surface area (Å²) in [6.45, 7) is 5.09. The predicted molar refractivity (Wildman–Crippen MR) is 87.8 cm³/mol. The van der Waals surface area contributed by atoms with Crippen molar-refractivity contribution in [3.8, 4) is 0 Å². The normalized spacial score (nSPS) is 20.2. The fourth-order valence-electron chi connectivity index (χ4n) is 3.10. The van der Waals surface area contributed by atoms with Crippen molar-refractivity contribution in [2.75, 3.05) is 25.0 Å². The van der Waals surface area contributed by atoms with E-state index < -0.39 is 0 Å². The second-order valence-electron chi connectivity index (χ2n) is 5.93. The van der Waals surface area contributed by atoms with E-state index >= 15 is 0 Å². The SMILES string of the molecule is CC(c1ccccc1)N1CCC(Nc2cnn(CCO)c2)C1. The van der Waals surface area contributed by atoms with Gasteiger partial charge in [-0.05, 0) is 18.9 Å². The van der Waals surface area contributed by atoms with Crippen LogP contribution in [0.3, 0.4) is 0 Å². The highest BCUT2D eigenvalue weighted by atomic mass is 16.3. The van der Waals surface area contributed by atoms with Crippen molar-refractivity contribution in [2.24, 2.45) is 0 Å². The van der Waals surface area contributed by atoms with Crippen LogP contribution in [0.4, 0.5) is 5.69 Å². The van der Waals surface area contributed by atoms with Crippen LogP contribution in [0, 0.1) is 0 Å². The molecule has 118 valence electrons. The Kier molecular flexibility index (Phi) is 4.75. The Labute approximate surface area is 131 Å². The molecule has 2 heterocycles. The summed E-state index contributed by atoms with van der Waals surface area (Å²) in [6, 6.07) is 11.6. The van der Waals surface area contributed by atoms with Gasteiger partial charge in [-0.15, -0.1) is 0 Å². The number of anilines is 1. The van der Waals surface area contributed by atoms with Crippen molar-refractivity contribution < 1.29 is 5.11 Å². The molecule has 0 saturated carbocycles. The number of nitrogens with zero attached hydrogens (tertiary/aromatic N) is 3. The summed E-state index contributed by atoms with van der Waals surface area (Å²) in [5, 5.41) is 16.7. The van der Waals surface area contributed by atoms with Crippen molar-refractivity contribution in [2.45, 2.75) is 32.0 Å². The van der Waals surface area contributed by atoms with E-state index in [4.69, 9.17) is 5.11 Å². The molecule has 0 bridgehead atoms. The van der Waals surface area contributed by atoms with Gasteiger partial charge in [-0.3, -0.25) is 9.58 Å². The monoisotopic (exact) mass is 300 g/mol. The Morgan fingerprint density at radius 3 is 2.95 bits per heavy atom. The maximum Gasteiger partial charge on any atom is 0.0729 e. The van der Waals surface area contributed by atoms with Crippen LogP contribution in [0.2, 0.25) is 0 Å². The van der Waals surface area contributed by atoms with Gasteiger partial charge < -0.3 is 10.4 Å². The van der Waals surface area contributed by atoms with Gasteiger partial charge in [-0.25, -0.2) is 0 Å². The Balaban J connectivity index is 1.55. The smallest absolute Gasteiger partial charge is 0.0729 e. The Morgan fingerprint density at radius 1 is 1.36 bits per heavy atom. The van der Waals surface area contributed by atoms with Crippen LogP contribution in [0.25, 0.3) is 0 Å². The first-order valence-corrected chi connectivity index (χ1v) is 7.95. The zero-order valence-corrected chi connectivity index (χ0v) is 13.0. The quantitative estimate of drug-likeness (QED) is 0.858. The minimum atomic E-state index is 0.118. The van der Waals surface area contributed by atoms with Gasteiger partial charge in [0.2, 0.25) is 0 Å². The van der Waals surface area contributed by atoms with Crippen LogP contribution in [0.15, 0.2) is 42.7 Å². The lowest BCUT2D eigenvalue weighted by Gasteiger charge is -2.24. The lowest BCUT2D eigenvalue weighted by molar-refractivity contribution is 0.261. The van der Waals surface area contributed by atoms with Crippen molar-refractivity contribution in [3.05, 3.63) is 48.3 Å². The van der Waals surface area contributed by atoms with E-state index in [1.807, 2.05) is 12.4 Å². The molecule has 1 saturated heterocycles. The molecule has 1 fully saturated rings. The topological polar surface area (TPSA) is 53.3 Å². The largest absolute Gasteiger partial charge is 0.394 e. The second-order valence-corrected chi connectivity index (χ2v) is 5.93. The molecule has 22 heavy (non-hydrogen) atoms. The molecule has 0 amide bonds. The number of hydrogen-bond acceptors (Lipinski definition) is 4. The molecule has 1 aliphatic heterocycles. The Hall–Kier alpha value is -1.85. The molecule has 1 aliphatic rings. The maximum absolute atomic E-state index is 8.93. The standard InChI is InChI=1S/C17H24N4O/c1-14(15-5-3-2-4-6-15)20-8-7-16(12-20)19-17-11-18-21(13-17)9-10-22/h2-6,11,13-14,16,19,22H,7-10,12H2,1H3. The van der Waals surface area contributed by atoms with Gasteiger partial charge in [0.1, 0.15) is 0 Å².